The molecule has 10 heteroatoms. The van der Waals surface area contributed by atoms with Crippen LogP contribution < -0.4 is 5.32 Å². The van der Waals surface area contributed by atoms with E-state index in [9.17, 15) is 37.1 Å². The molecule has 1 aromatic carbocycles. The Morgan fingerprint density at radius 1 is 0.923 bits per heavy atom. The maximum Gasteiger partial charge on any atom is 0.452 e. The van der Waals surface area contributed by atoms with Gasteiger partial charge in [-0.05, 0) is 24.7 Å². The monoisotopic (exact) mass is 552 g/mol. The average molecular weight is 553 g/mol. The summed E-state index contributed by atoms with van der Waals surface area (Å²) in [5, 5.41) is 2.21. The van der Waals surface area contributed by atoms with Crippen molar-refractivity contribution < 1.29 is 37.1 Å². The predicted molar refractivity (Wildman–Crippen MR) is 140 cm³/mol. The number of likely N-dealkylation sites (tertiary alicyclic amines) is 1. The van der Waals surface area contributed by atoms with Crippen LogP contribution in [0.15, 0.2) is 24.3 Å². The summed E-state index contributed by atoms with van der Waals surface area (Å²) >= 11 is 0. The Hall–Kier alpha value is -3.04. The highest BCUT2D eigenvalue weighted by Gasteiger charge is 2.46. The zero-order valence-electron chi connectivity index (χ0n) is 23.6. The number of Topliss-reactive ketones (excluding diaryl/α,β-unsaturated/α-hetero) is 3. The van der Waals surface area contributed by atoms with Gasteiger partial charge in [-0.15, -0.1) is 0 Å². The van der Waals surface area contributed by atoms with Crippen LogP contribution >= 0.6 is 0 Å². The summed E-state index contributed by atoms with van der Waals surface area (Å²) in [5.74, 6) is -5.48. The normalized spacial score (nSPS) is 17.7. The van der Waals surface area contributed by atoms with E-state index in [2.05, 4.69) is 5.32 Å². The molecule has 1 aliphatic rings. The summed E-state index contributed by atoms with van der Waals surface area (Å²) in [6.07, 6.45) is -4.53. The Balaban J connectivity index is 2.18. The molecule has 0 saturated carbocycles. The van der Waals surface area contributed by atoms with Crippen molar-refractivity contribution in [3.63, 3.8) is 0 Å². The largest absolute Gasteiger partial charge is 0.452 e. The molecule has 216 valence electrons. The zero-order valence-corrected chi connectivity index (χ0v) is 23.6. The number of ketones is 3. The van der Waals surface area contributed by atoms with Gasteiger partial charge in [0.1, 0.15) is 6.04 Å². The van der Waals surface area contributed by atoms with Gasteiger partial charge in [0.25, 0.3) is 5.78 Å². The third kappa shape index (κ3) is 7.99. The van der Waals surface area contributed by atoms with Crippen molar-refractivity contribution >= 4 is 29.2 Å². The molecule has 0 aromatic heterocycles. The predicted octanol–water partition coefficient (Wildman–Crippen LogP) is 5.02. The maximum atomic E-state index is 13.5. The number of carbonyl (C=O) groups excluding carboxylic acids is 5. The second-order valence-electron chi connectivity index (χ2n) is 11.9. The van der Waals surface area contributed by atoms with Gasteiger partial charge in [-0.3, -0.25) is 24.0 Å². The van der Waals surface area contributed by atoms with Crippen LogP contribution in [0.3, 0.4) is 0 Å². The summed E-state index contributed by atoms with van der Waals surface area (Å²) < 4.78 is 39.1. The van der Waals surface area contributed by atoms with Crippen LogP contribution in [-0.2, 0) is 14.4 Å². The van der Waals surface area contributed by atoms with Crippen LogP contribution in [0.5, 0.6) is 0 Å². The Labute approximate surface area is 227 Å². The minimum absolute atomic E-state index is 0.0632. The van der Waals surface area contributed by atoms with Gasteiger partial charge in [-0.25, -0.2) is 0 Å². The molecule has 1 aromatic rings. The molecule has 2 amide bonds. The molecule has 1 heterocycles. The van der Waals surface area contributed by atoms with E-state index in [-0.39, 0.29) is 36.9 Å². The Morgan fingerprint density at radius 3 is 1.92 bits per heavy atom. The molecule has 0 aliphatic carbocycles. The van der Waals surface area contributed by atoms with Crippen molar-refractivity contribution in [2.75, 3.05) is 6.54 Å². The van der Waals surface area contributed by atoms with Crippen molar-refractivity contribution in [3.8, 4) is 0 Å². The molecule has 0 radical (unpaired) electrons. The maximum absolute atomic E-state index is 13.5. The molecule has 0 bridgehead atoms. The molecule has 7 nitrogen and oxygen atoms in total. The number of nitrogens with one attached hydrogen (secondary N) is 1. The Morgan fingerprint density at radius 2 is 1.46 bits per heavy atom. The highest BCUT2D eigenvalue weighted by molar-refractivity contribution is 6.03. The molecule has 3 atom stereocenters. The fourth-order valence-corrected chi connectivity index (χ4v) is 4.64. The van der Waals surface area contributed by atoms with Gasteiger partial charge in [-0.1, -0.05) is 72.7 Å². The number of amides is 2. The zero-order chi connectivity index (χ0) is 29.9. The van der Waals surface area contributed by atoms with Crippen molar-refractivity contribution in [3.05, 3.63) is 35.4 Å². The lowest BCUT2D eigenvalue weighted by Gasteiger charge is -2.31. The topological polar surface area (TPSA) is 101 Å². The number of nitrogens with zero attached hydrogens (tertiary/aromatic N) is 1. The van der Waals surface area contributed by atoms with E-state index in [0.717, 1.165) is 0 Å². The summed E-state index contributed by atoms with van der Waals surface area (Å²) in [4.78, 5) is 65.3. The highest BCUT2D eigenvalue weighted by atomic mass is 19.4. The summed E-state index contributed by atoms with van der Waals surface area (Å²) in [7, 11) is 0. The third-order valence-electron chi connectivity index (χ3n) is 7.04. The summed E-state index contributed by atoms with van der Waals surface area (Å²) in [5.41, 5.74) is 0.249. The minimum atomic E-state index is -5.10. The number of halogens is 3. The average Bonchev–Trinajstić information content (AvgIpc) is 3.33. The molecule has 1 saturated heterocycles. The second-order valence-corrected chi connectivity index (χ2v) is 11.9. The molecule has 1 N–H and O–H groups in total. The van der Waals surface area contributed by atoms with Crippen molar-refractivity contribution in [2.45, 2.75) is 86.0 Å². The second kappa shape index (κ2) is 12.4. The molecule has 1 aliphatic heterocycles. The number of alkyl halides is 3. The van der Waals surface area contributed by atoms with Crippen molar-refractivity contribution in [1.29, 1.82) is 0 Å². The van der Waals surface area contributed by atoms with Crippen LogP contribution in [0.4, 0.5) is 13.2 Å². The summed E-state index contributed by atoms with van der Waals surface area (Å²) in [6.45, 7) is 12.0. The molecule has 39 heavy (non-hydrogen) atoms. The van der Waals surface area contributed by atoms with Crippen LogP contribution in [0, 0.1) is 23.2 Å². The standard InChI is InChI=1S/C29H39F3N2O5/c1-16(2)20(15-22(35)18-10-12-19(13-11-18)24(36)28(5,6)7)27(39)34-14-8-9-21(34)26(38)33-23(17(3)4)25(37)29(30,31)32/h10-13,16-17,20-21,23H,8-9,14-15H2,1-7H3,(H,33,38)/t20-,21-,23?/m0/s1. The summed E-state index contributed by atoms with van der Waals surface area (Å²) in [6, 6.07) is 3.49. The van der Waals surface area contributed by atoms with E-state index in [4.69, 9.17) is 0 Å². The lowest BCUT2D eigenvalue weighted by molar-refractivity contribution is -0.175. The fourth-order valence-electron chi connectivity index (χ4n) is 4.64. The fraction of sp³-hybridized carbons (Fsp3) is 0.621. The first-order valence-electron chi connectivity index (χ1n) is 13.3. The molecule has 1 unspecified atom stereocenters. The number of hydrogen-bond acceptors (Lipinski definition) is 5. The van der Waals surface area contributed by atoms with Gasteiger partial charge in [0, 0.05) is 35.4 Å². The van der Waals surface area contributed by atoms with Gasteiger partial charge in [0.15, 0.2) is 11.6 Å². The lowest BCUT2D eigenvalue weighted by atomic mass is 9.85. The molecule has 2 rings (SSSR count). The number of hydrogen-bond donors (Lipinski definition) is 1. The van der Waals surface area contributed by atoms with E-state index < -0.39 is 53.1 Å². The van der Waals surface area contributed by atoms with Gasteiger partial charge in [-0.2, -0.15) is 13.2 Å². The van der Waals surface area contributed by atoms with E-state index in [1.807, 2.05) is 0 Å². The quantitative estimate of drug-likeness (QED) is 0.411. The first-order valence-corrected chi connectivity index (χ1v) is 13.3. The molecular weight excluding hydrogens is 513 g/mol. The van der Waals surface area contributed by atoms with Gasteiger partial charge >= 0.3 is 6.18 Å². The first-order chi connectivity index (χ1) is 17.9. The van der Waals surface area contributed by atoms with Gasteiger partial charge in [0.05, 0.1) is 6.04 Å². The van der Waals surface area contributed by atoms with Crippen molar-refractivity contribution in [2.24, 2.45) is 23.2 Å². The van der Waals surface area contributed by atoms with Crippen LogP contribution in [0.25, 0.3) is 0 Å². The highest BCUT2D eigenvalue weighted by Crippen LogP contribution is 2.28. The van der Waals surface area contributed by atoms with E-state index in [1.165, 1.54) is 18.7 Å². The molecule has 0 spiro atoms. The van der Waals surface area contributed by atoms with Crippen LogP contribution in [-0.4, -0.2) is 58.9 Å². The van der Waals surface area contributed by atoms with Crippen LogP contribution in [0.2, 0.25) is 0 Å². The van der Waals surface area contributed by atoms with Crippen molar-refractivity contribution in [1.82, 2.24) is 10.2 Å². The van der Waals surface area contributed by atoms with E-state index in [1.54, 1.807) is 58.9 Å². The SMILES string of the molecule is CC(C)C(NC(=O)[C@@H]1CCCN1C(=O)[C@@H](CC(=O)c1ccc(C(=O)C(C)(C)C)cc1)C(C)C)C(=O)C(F)(F)F. The number of rotatable bonds is 10. The van der Waals surface area contributed by atoms with Gasteiger partial charge < -0.3 is 10.2 Å². The van der Waals surface area contributed by atoms with E-state index >= 15 is 0 Å². The molecule has 1 fully saturated rings. The number of benzene rings is 1. The molecular formula is C29H39F3N2O5. The number of carbonyl (C=O) groups is 5. The third-order valence-corrected chi connectivity index (χ3v) is 7.04. The first kappa shape index (κ1) is 32.2. The Kier molecular flexibility index (Phi) is 10.3. The smallest absolute Gasteiger partial charge is 0.344 e. The Bertz CT molecular complexity index is 1090. The lowest BCUT2D eigenvalue weighted by Crippen LogP contribution is -2.55. The minimum Gasteiger partial charge on any atom is -0.344 e. The van der Waals surface area contributed by atoms with Gasteiger partial charge in [0.2, 0.25) is 11.8 Å². The van der Waals surface area contributed by atoms with Crippen LogP contribution in [0.1, 0.15) is 88.4 Å². The van der Waals surface area contributed by atoms with E-state index in [0.29, 0.717) is 17.5 Å².